The maximum atomic E-state index is 12.1. The molecule has 0 fully saturated rings. The number of fused-ring (bicyclic) bond motifs is 1. The van der Waals surface area contributed by atoms with Gasteiger partial charge >= 0.3 is 0 Å². The molecule has 0 bridgehead atoms. The van der Waals surface area contributed by atoms with E-state index in [9.17, 15) is 4.79 Å². The molecule has 1 aliphatic heterocycles. The highest BCUT2D eigenvalue weighted by atomic mass is 32.1. The zero-order valence-corrected chi connectivity index (χ0v) is 14.4. The van der Waals surface area contributed by atoms with Crippen molar-refractivity contribution >= 4 is 29.1 Å². The number of benzene rings is 2. The van der Waals surface area contributed by atoms with Crippen LogP contribution in [-0.2, 0) is 13.1 Å². The predicted molar refractivity (Wildman–Crippen MR) is 102 cm³/mol. The summed E-state index contributed by atoms with van der Waals surface area (Å²) >= 11 is 1.58. The summed E-state index contributed by atoms with van der Waals surface area (Å²) in [5.41, 5.74) is 7.02. The average Bonchev–Trinajstić information content (AvgIpc) is 3.31. The molecule has 1 aliphatic rings. The van der Waals surface area contributed by atoms with Crippen LogP contribution in [0.5, 0.6) is 0 Å². The van der Waals surface area contributed by atoms with Crippen LogP contribution >= 0.6 is 11.3 Å². The summed E-state index contributed by atoms with van der Waals surface area (Å²) in [5, 5.41) is 5.96. The van der Waals surface area contributed by atoms with E-state index in [4.69, 9.17) is 0 Å². The Morgan fingerprint density at radius 3 is 2.36 bits per heavy atom. The lowest BCUT2D eigenvalue weighted by Gasteiger charge is -2.17. The van der Waals surface area contributed by atoms with E-state index in [-0.39, 0.29) is 5.91 Å². The van der Waals surface area contributed by atoms with E-state index >= 15 is 0 Å². The Hall–Kier alpha value is -2.92. The monoisotopic (exact) mass is 347 g/mol. The first-order valence-electron chi connectivity index (χ1n) is 8.08. The first-order chi connectivity index (χ1) is 12.3. The Bertz CT molecular complexity index is 876. The third-order valence-corrected chi connectivity index (χ3v) is 5.04. The van der Waals surface area contributed by atoms with Gasteiger partial charge in [0.15, 0.2) is 0 Å². The summed E-state index contributed by atoms with van der Waals surface area (Å²) < 4.78 is 0. The molecule has 2 aromatic carbocycles. The Morgan fingerprint density at radius 1 is 1.00 bits per heavy atom. The first-order valence-corrected chi connectivity index (χ1v) is 8.96. The molecule has 5 heteroatoms. The van der Waals surface area contributed by atoms with Crippen molar-refractivity contribution in [3.63, 3.8) is 0 Å². The van der Waals surface area contributed by atoms with E-state index < -0.39 is 0 Å². The maximum absolute atomic E-state index is 12.1. The highest BCUT2D eigenvalue weighted by molar-refractivity contribution is 7.11. The molecule has 25 heavy (non-hydrogen) atoms. The molecule has 0 atom stereocenters. The summed E-state index contributed by atoms with van der Waals surface area (Å²) in [6.45, 7) is 1.82. The quantitative estimate of drug-likeness (QED) is 0.572. The lowest BCUT2D eigenvalue weighted by Crippen LogP contribution is -2.18. The third kappa shape index (κ3) is 3.46. The lowest BCUT2D eigenvalue weighted by molar-refractivity contribution is 0.0955. The number of carbonyl (C=O) groups is 1. The van der Waals surface area contributed by atoms with Gasteiger partial charge in [-0.15, -0.1) is 11.3 Å². The van der Waals surface area contributed by atoms with Gasteiger partial charge in [-0.25, -0.2) is 5.43 Å². The number of rotatable bonds is 4. The molecule has 124 valence electrons. The van der Waals surface area contributed by atoms with Gasteiger partial charge in [-0.2, -0.15) is 5.10 Å². The second-order valence-electron chi connectivity index (χ2n) is 5.89. The van der Waals surface area contributed by atoms with E-state index in [2.05, 4.69) is 39.7 Å². The number of nitrogens with zero attached hydrogens (tertiary/aromatic N) is 2. The van der Waals surface area contributed by atoms with Gasteiger partial charge in [0.1, 0.15) is 0 Å². The minimum absolute atomic E-state index is 0.205. The van der Waals surface area contributed by atoms with Crippen LogP contribution in [0.2, 0.25) is 0 Å². The topological polar surface area (TPSA) is 44.7 Å². The minimum Gasteiger partial charge on any atom is -0.363 e. The highest BCUT2D eigenvalue weighted by Crippen LogP contribution is 2.28. The van der Waals surface area contributed by atoms with Crippen molar-refractivity contribution in [3.05, 3.63) is 87.6 Å². The van der Waals surface area contributed by atoms with Crippen molar-refractivity contribution in [1.29, 1.82) is 0 Å². The molecule has 2 heterocycles. The number of hydrogen-bond acceptors (Lipinski definition) is 4. The van der Waals surface area contributed by atoms with E-state index in [0.717, 1.165) is 23.7 Å². The molecule has 1 N–H and O–H groups in total. The molecule has 0 spiro atoms. The second kappa shape index (κ2) is 6.91. The van der Waals surface area contributed by atoms with Crippen LogP contribution in [0.15, 0.2) is 71.1 Å². The summed E-state index contributed by atoms with van der Waals surface area (Å²) in [6, 6.07) is 20.0. The van der Waals surface area contributed by atoms with E-state index in [1.165, 1.54) is 11.1 Å². The number of nitrogens with one attached hydrogen (secondary N) is 1. The molecule has 0 aliphatic carbocycles. The molecule has 1 aromatic heterocycles. The zero-order chi connectivity index (χ0) is 17.1. The third-order valence-electron chi connectivity index (χ3n) is 4.24. The number of carbonyl (C=O) groups excluding carboxylic acids is 1. The van der Waals surface area contributed by atoms with Crippen molar-refractivity contribution in [3.8, 4) is 0 Å². The lowest BCUT2D eigenvalue weighted by atomic mass is 10.1. The standard InChI is InChI=1S/C20H17N3OS/c24-20(22-21-12-19-6-3-11-25-19)15-7-9-18(10-8-15)23-13-16-4-1-2-5-17(16)14-23/h1-12H,13-14H2,(H,22,24)/b21-12-. The largest absolute Gasteiger partial charge is 0.363 e. The predicted octanol–water partition coefficient (Wildman–Crippen LogP) is 4.03. The molecule has 3 aromatic rings. The van der Waals surface area contributed by atoms with Gasteiger partial charge in [-0.1, -0.05) is 30.3 Å². The smallest absolute Gasteiger partial charge is 0.271 e. The Morgan fingerprint density at radius 2 is 1.72 bits per heavy atom. The van der Waals surface area contributed by atoms with Crippen molar-refractivity contribution in [2.45, 2.75) is 13.1 Å². The highest BCUT2D eigenvalue weighted by Gasteiger charge is 2.18. The Labute approximate surface area is 150 Å². The molecule has 0 radical (unpaired) electrons. The van der Waals surface area contributed by atoms with Crippen LogP contribution in [0.1, 0.15) is 26.4 Å². The van der Waals surface area contributed by atoms with Gasteiger partial charge in [0.25, 0.3) is 5.91 Å². The first kappa shape index (κ1) is 15.6. The van der Waals surface area contributed by atoms with Gasteiger partial charge in [0.05, 0.1) is 6.21 Å². The molecule has 4 rings (SSSR count). The van der Waals surface area contributed by atoms with Crippen LogP contribution in [0.4, 0.5) is 5.69 Å². The number of hydrazone groups is 1. The van der Waals surface area contributed by atoms with Crippen LogP contribution in [-0.4, -0.2) is 12.1 Å². The van der Waals surface area contributed by atoms with Gasteiger partial charge in [-0.05, 0) is 46.8 Å². The van der Waals surface area contributed by atoms with Crippen molar-refractivity contribution in [1.82, 2.24) is 5.43 Å². The number of thiophene rings is 1. The van der Waals surface area contributed by atoms with Gasteiger partial charge in [0.2, 0.25) is 0 Å². The number of amides is 1. The fraction of sp³-hybridized carbons (Fsp3) is 0.100. The van der Waals surface area contributed by atoms with E-state index in [0.29, 0.717) is 5.56 Å². The van der Waals surface area contributed by atoms with Gasteiger partial charge < -0.3 is 4.90 Å². The molecular weight excluding hydrogens is 330 g/mol. The minimum atomic E-state index is -0.205. The fourth-order valence-electron chi connectivity index (χ4n) is 2.92. The van der Waals surface area contributed by atoms with Crippen LogP contribution < -0.4 is 10.3 Å². The molecule has 0 saturated heterocycles. The van der Waals surface area contributed by atoms with E-state index in [1.807, 2.05) is 41.8 Å². The second-order valence-corrected chi connectivity index (χ2v) is 6.87. The molecule has 4 nitrogen and oxygen atoms in total. The van der Waals surface area contributed by atoms with Crippen molar-refractivity contribution in [2.75, 3.05) is 4.90 Å². The summed E-state index contributed by atoms with van der Waals surface area (Å²) in [6.07, 6.45) is 1.65. The Kier molecular flexibility index (Phi) is 4.31. The van der Waals surface area contributed by atoms with Crippen molar-refractivity contribution < 1.29 is 4.79 Å². The number of anilines is 1. The van der Waals surface area contributed by atoms with Gasteiger partial charge in [0, 0.05) is 29.2 Å². The van der Waals surface area contributed by atoms with Gasteiger partial charge in [-0.3, -0.25) is 4.79 Å². The summed E-state index contributed by atoms with van der Waals surface area (Å²) in [7, 11) is 0. The molecule has 1 amide bonds. The van der Waals surface area contributed by atoms with Crippen LogP contribution in [0, 0.1) is 0 Å². The van der Waals surface area contributed by atoms with Crippen LogP contribution in [0.3, 0.4) is 0 Å². The average molecular weight is 347 g/mol. The molecule has 0 unspecified atom stereocenters. The zero-order valence-electron chi connectivity index (χ0n) is 13.6. The maximum Gasteiger partial charge on any atom is 0.271 e. The summed E-state index contributed by atoms with van der Waals surface area (Å²) in [5.74, 6) is -0.205. The summed E-state index contributed by atoms with van der Waals surface area (Å²) in [4.78, 5) is 15.5. The fourth-order valence-corrected chi connectivity index (χ4v) is 3.51. The SMILES string of the molecule is O=C(N/N=C\c1cccs1)c1ccc(N2Cc3ccccc3C2)cc1. The van der Waals surface area contributed by atoms with E-state index in [1.54, 1.807) is 17.6 Å². The Balaban J connectivity index is 1.40. The normalized spacial score (nSPS) is 13.2. The number of hydrogen-bond donors (Lipinski definition) is 1. The van der Waals surface area contributed by atoms with Crippen molar-refractivity contribution in [2.24, 2.45) is 5.10 Å². The molecular formula is C20H17N3OS. The van der Waals surface area contributed by atoms with Crippen LogP contribution in [0.25, 0.3) is 0 Å². The molecule has 0 saturated carbocycles.